The van der Waals surface area contributed by atoms with Gasteiger partial charge in [0.15, 0.2) is 0 Å². The molecule has 188 valence electrons. The predicted molar refractivity (Wildman–Crippen MR) is 136 cm³/mol. The Morgan fingerprint density at radius 3 is 2.49 bits per heavy atom. The highest BCUT2D eigenvalue weighted by atomic mass is 32.1. The molecule has 2 atom stereocenters. The van der Waals surface area contributed by atoms with Gasteiger partial charge in [0.2, 0.25) is 11.8 Å². The van der Waals surface area contributed by atoms with Crippen molar-refractivity contribution >= 4 is 29.1 Å². The fraction of sp³-hybridized carbons (Fsp3) is 0.519. The first-order valence-corrected chi connectivity index (χ1v) is 13.5. The standard InChI is InChI=1S/C27H35N3O4S/c1-19-11-13-20(14-12-19)25(27(33)29-21-7-3-2-4-8-21)30(18-22-9-5-15-34-22)24(31)17-28-26(32)23-10-6-16-35-23/h6,10-14,16,21-22,25H,2-5,7-9,15,17-18H2,1H3,(H,28,32)(H,29,33)/t22-,25-/m0/s1. The van der Waals surface area contributed by atoms with Gasteiger partial charge in [0.05, 0.1) is 17.5 Å². The van der Waals surface area contributed by atoms with E-state index in [0.29, 0.717) is 18.0 Å². The van der Waals surface area contributed by atoms with Gasteiger partial charge in [-0.05, 0) is 49.6 Å². The maximum atomic E-state index is 13.7. The lowest BCUT2D eigenvalue weighted by Crippen LogP contribution is -2.51. The van der Waals surface area contributed by atoms with Crippen LogP contribution in [-0.2, 0) is 14.3 Å². The summed E-state index contributed by atoms with van der Waals surface area (Å²) >= 11 is 1.32. The Kier molecular flexibility index (Phi) is 8.93. The first-order valence-electron chi connectivity index (χ1n) is 12.6. The van der Waals surface area contributed by atoms with E-state index >= 15 is 0 Å². The van der Waals surface area contributed by atoms with Crippen molar-refractivity contribution in [3.8, 4) is 0 Å². The summed E-state index contributed by atoms with van der Waals surface area (Å²) in [6.45, 7) is 2.79. The number of carbonyl (C=O) groups is 3. The highest BCUT2D eigenvalue weighted by Crippen LogP contribution is 2.26. The lowest BCUT2D eigenvalue weighted by molar-refractivity contribution is -0.142. The van der Waals surface area contributed by atoms with Crippen LogP contribution in [0.15, 0.2) is 41.8 Å². The van der Waals surface area contributed by atoms with Gasteiger partial charge in [-0.3, -0.25) is 14.4 Å². The van der Waals surface area contributed by atoms with Crippen LogP contribution in [0, 0.1) is 6.92 Å². The predicted octanol–water partition coefficient (Wildman–Crippen LogP) is 3.98. The van der Waals surface area contributed by atoms with Gasteiger partial charge >= 0.3 is 0 Å². The molecule has 2 fully saturated rings. The van der Waals surface area contributed by atoms with Crippen molar-refractivity contribution in [1.82, 2.24) is 15.5 Å². The molecule has 1 aliphatic heterocycles. The molecule has 2 aromatic rings. The summed E-state index contributed by atoms with van der Waals surface area (Å²) < 4.78 is 5.84. The molecule has 2 heterocycles. The van der Waals surface area contributed by atoms with E-state index in [1.54, 1.807) is 17.0 Å². The largest absolute Gasteiger partial charge is 0.376 e. The summed E-state index contributed by atoms with van der Waals surface area (Å²) in [5.74, 6) is -0.754. The molecule has 0 unspecified atom stereocenters. The Balaban J connectivity index is 1.57. The van der Waals surface area contributed by atoms with Gasteiger partial charge in [-0.1, -0.05) is 55.2 Å². The number of ether oxygens (including phenoxy) is 1. The number of amides is 3. The average molecular weight is 498 g/mol. The van der Waals surface area contributed by atoms with E-state index in [-0.39, 0.29) is 36.4 Å². The van der Waals surface area contributed by atoms with Crippen LogP contribution in [0.25, 0.3) is 0 Å². The molecule has 1 aromatic carbocycles. The van der Waals surface area contributed by atoms with Gasteiger partial charge in [0.25, 0.3) is 5.91 Å². The van der Waals surface area contributed by atoms with Crippen LogP contribution in [-0.4, -0.2) is 54.5 Å². The molecule has 1 aliphatic carbocycles. The van der Waals surface area contributed by atoms with Gasteiger partial charge in [-0.15, -0.1) is 11.3 Å². The van der Waals surface area contributed by atoms with Crippen molar-refractivity contribution in [3.63, 3.8) is 0 Å². The summed E-state index contributed by atoms with van der Waals surface area (Å²) in [6.07, 6.45) is 6.98. The van der Waals surface area contributed by atoms with Crippen LogP contribution in [0.3, 0.4) is 0 Å². The minimum absolute atomic E-state index is 0.123. The molecule has 2 aliphatic rings. The zero-order valence-electron chi connectivity index (χ0n) is 20.3. The smallest absolute Gasteiger partial charge is 0.261 e. The molecule has 35 heavy (non-hydrogen) atoms. The molecular weight excluding hydrogens is 462 g/mol. The highest BCUT2D eigenvalue weighted by molar-refractivity contribution is 7.12. The Labute approximate surface area is 211 Å². The van der Waals surface area contributed by atoms with E-state index in [0.717, 1.165) is 49.7 Å². The first kappa shape index (κ1) is 25.4. The van der Waals surface area contributed by atoms with E-state index in [1.165, 1.54) is 17.8 Å². The molecule has 1 saturated carbocycles. The van der Waals surface area contributed by atoms with Gasteiger partial charge in [-0.25, -0.2) is 0 Å². The molecule has 3 amide bonds. The SMILES string of the molecule is Cc1ccc([C@@H](C(=O)NC2CCCCC2)N(C[C@@H]2CCCO2)C(=O)CNC(=O)c2cccs2)cc1. The Bertz CT molecular complexity index is 980. The normalized spacial score (nSPS) is 19.2. The number of rotatable bonds is 9. The maximum absolute atomic E-state index is 13.7. The lowest BCUT2D eigenvalue weighted by atomic mass is 9.94. The van der Waals surface area contributed by atoms with Crippen molar-refractivity contribution in [2.75, 3.05) is 19.7 Å². The van der Waals surface area contributed by atoms with Gasteiger partial charge in [0, 0.05) is 19.2 Å². The number of benzene rings is 1. The Hall–Kier alpha value is -2.71. The fourth-order valence-corrected chi connectivity index (χ4v) is 5.50. The van der Waals surface area contributed by atoms with E-state index in [9.17, 15) is 14.4 Å². The second kappa shape index (κ2) is 12.3. The zero-order valence-corrected chi connectivity index (χ0v) is 21.1. The van der Waals surface area contributed by atoms with Crippen molar-refractivity contribution in [1.29, 1.82) is 0 Å². The average Bonchev–Trinajstić information content (AvgIpc) is 3.58. The van der Waals surface area contributed by atoms with Crippen LogP contribution in [0.2, 0.25) is 0 Å². The second-order valence-corrected chi connectivity index (χ2v) is 10.4. The summed E-state index contributed by atoms with van der Waals surface area (Å²) in [4.78, 5) is 41.9. The molecule has 2 N–H and O–H groups in total. The first-order chi connectivity index (χ1) is 17.0. The topological polar surface area (TPSA) is 87.7 Å². The third-order valence-corrected chi connectivity index (χ3v) is 7.66. The number of nitrogens with zero attached hydrogens (tertiary/aromatic N) is 1. The third kappa shape index (κ3) is 6.92. The van der Waals surface area contributed by atoms with Crippen LogP contribution < -0.4 is 10.6 Å². The van der Waals surface area contributed by atoms with Gasteiger partial charge < -0.3 is 20.3 Å². The van der Waals surface area contributed by atoms with Crippen LogP contribution >= 0.6 is 11.3 Å². The highest BCUT2D eigenvalue weighted by Gasteiger charge is 2.35. The Morgan fingerprint density at radius 1 is 1.06 bits per heavy atom. The fourth-order valence-electron chi connectivity index (χ4n) is 4.86. The molecule has 0 spiro atoms. The quantitative estimate of drug-likeness (QED) is 0.549. The minimum Gasteiger partial charge on any atom is -0.376 e. The Morgan fingerprint density at radius 2 is 1.83 bits per heavy atom. The molecule has 0 bridgehead atoms. The van der Waals surface area contributed by atoms with Gasteiger partial charge in [-0.2, -0.15) is 0 Å². The molecule has 8 heteroatoms. The van der Waals surface area contributed by atoms with E-state index < -0.39 is 6.04 Å². The molecular formula is C27H35N3O4S. The van der Waals surface area contributed by atoms with Crippen LogP contribution in [0.1, 0.15) is 71.8 Å². The van der Waals surface area contributed by atoms with Crippen LogP contribution in [0.5, 0.6) is 0 Å². The summed E-state index contributed by atoms with van der Waals surface area (Å²) in [7, 11) is 0. The van der Waals surface area contributed by atoms with Crippen molar-refractivity contribution in [3.05, 3.63) is 57.8 Å². The number of carbonyl (C=O) groups excluding carboxylic acids is 3. The molecule has 1 saturated heterocycles. The molecule has 4 rings (SSSR count). The molecule has 7 nitrogen and oxygen atoms in total. The minimum atomic E-state index is -0.784. The van der Waals surface area contributed by atoms with Crippen molar-refractivity contribution < 1.29 is 19.1 Å². The number of aryl methyl sites for hydroxylation is 1. The van der Waals surface area contributed by atoms with Crippen molar-refractivity contribution in [2.24, 2.45) is 0 Å². The third-order valence-electron chi connectivity index (χ3n) is 6.79. The van der Waals surface area contributed by atoms with E-state index in [4.69, 9.17) is 4.74 Å². The van der Waals surface area contributed by atoms with E-state index in [2.05, 4.69) is 10.6 Å². The second-order valence-electron chi connectivity index (χ2n) is 9.50. The number of thiophene rings is 1. The maximum Gasteiger partial charge on any atom is 0.261 e. The summed E-state index contributed by atoms with van der Waals surface area (Å²) in [5.41, 5.74) is 1.85. The van der Waals surface area contributed by atoms with E-state index in [1.807, 2.05) is 36.6 Å². The summed E-state index contributed by atoms with van der Waals surface area (Å²) in [6, 6.07) is 10.6. The molecule has 1 aromatic heterocycles. The molecule has 0 radical (unpaired) electrons. The summed E-state index contributed by atoms with van der Waals surface area (Å²) in [5, 5.41) is 7.78. The van der Waals surface area contributed by atoms with Gasteiger partial charge in [0.1, 0.15) is 6.04 Å². The van der Waals surface area contributed by atoms with Crippen molar-refractivity contribution in [2.45, 2.75) is 70.1 Å². The lowest BCUT2D eigenvalue weighted by Gasteiger charge is -2.34. The number of hydrogen-bond donors (Lipinski definition) is 2. The monoisotopic (exact) mass is 497 g/mol. The number of hydrogen-bond acceptors (Lipinski definition) is 5. The number of nitrogens with one attached hydrogen (secondary N) is 2. The van der Waals surface area contributed by atoms with Crippen LogP contribution in [0.4, 0.5) is 0 Å². The zero-order chi connectivity index (χ0) is 24.6.